The molecule has 0 fully saturated rings. The Bertz CT molecular complexity index is 1210. The van der Waals surface area contributed by atoms with Crippen LogP contribution in [0.4, 0.5) is 5.69 Å². The standard InChI is InChI=1S/C23H17N3O3/c27-23(25-16-4-3-9-24-14-16)18-13-20(26-19-6-2-1-5-17(18)19)15-7-8-21-22(12-15)29-11-10-28-21/h1-9,12-14H,10-11H2,(H,25,27). The summed E-state index contributed by atoms with van der Waals surface area (Å²) in [5, 5.41) is 3.69. The first-order valence-corrected chi connectivity index (χ1v) is 9.29. The molecule has 6 heteroatoms. The molecule has 2 aromatic heterocycles. The average Bonchev–Trinajstić information content (AvgIpc) is 2.78. The number of nitrogens with one attached hydrogen (secondary N) is 1. The minimum atomic E-state index is -0.213. The summed E-state index contributed by atoms with van der Waals surface area (Å²) in [5.74, 6) is 1.19. The Morgan fingerprint density at radius 2 is 1.79 bits per heavy atom. The molecule has 0 saturated carbocycles. The van der Waals surface area contributed by atoms with Crippen molar-refractivity contribution in [2.24, 2.45) is 0 Å². The van der Waals surface area contributed by atoms with Crippen LogP contribution in [0.25, 0.3) is 22.2 Å². The maximum absolute atomic E-state index is 13.0. The van der Waals surface area contributed by atoms with Crippen molar-refractivity contribution in [3.63, 3.8) is 0 Å². The van der Waals surface area contributed by atoms with E-state index in [2.05, 4.69) is 10.3 Å². The van der Waals surface area contributed by atoms with Crippen LogP contribution in [0.15, 0.2) is 73.1 Å². The van der Waals surface area contributed by atoms with Crippen LogP contribution >= 0.6 is 0 Å². The summed E-state index contributed by atoms with van der Waals surface area (Å²) in [5.41, 5.74) is 3.48. The zero-order valence-corrected chi connectivity index (χ0v) is 15.5. The molecule has 0 bridgehead atoms. The Morgan fingerprint density at radius 3 is 2.66 bits per heavy atom. The third-order valence-corrected chi connectivity index (χ3v) is 4.72. The van der Waals surface area contributed by atoms with Gasteiger partial charge in [0.2, 0.25) is 0 Å². The lowest BCUT2D eigenvalue weighted by Gasteiger charge is -2.19. The number of hydrogen-bond donors (Lipinski definition) is 1. The highest BCUT2D eigenvalue weighted by molar-refractivity contribution is 6.13. The van der Waals surface area contributed by atoms with E-state index >= 15 is 0 Å². The number of amides is 1. The van der Waals surface area contributed by atoms with Gasteiger partial charge in [0.05, 0.1) is 28.7 Å². The van der Waals surface area contributed by atoms with E-state index in [4.69, 9.17) is 14.5 Å². The van der Waals surface area contributed by atoms with Gasteiger partial charge in [-0.05, 0) is 42.5 Å². The number of hydrogen-bond acceptors (Lipinski definition) is 5. The molecule has 0 radical (unpaired) electrons. The van der Waals surface area contributed by atoms with E-state index in [1.54, 1.807) is 30.6 Å². The Balaban J connectivity index is 1.60. The molecule has 1 aliphatic heterocycles. The van der Waals surface area contributed by atoms with Crippen molar-refractivity contribution in [2.45, 2.75) is 0 Å². The van der Waals surface area contributed by atoms with Crippen molar-refractivity contribution in [2.75, 3.05) is 18.5 Å². The van der Waals surface area contributed by atoms with Crippen LogP contribution in [0.3, 0.4) is 0 Å². The van der Waals surface area contributed by atoms with E-state index in [1.807, 2.05) is 42.5 Å². The maximum Gasteiger partial charge on any atom is 0.256 e. The third kappa shape index (κ3) is 3.36. The van der Waals surface area contributed by atoms with Crippen LogP contribution in [-0.2, 0) is 0 Å². The highest BCUT2D eigenvalue weighted by Gasteiger charge is 2.17. The summed E-state index contributed by atoms with van der Waals surface area (Å²) < 4.78 is 11.3. The highest BCUT2D eigenvalue weighted by atomic mass is 16.6. The fourth-order valence-electron chi connectivity index (χ4n) is 3.35. The monoisotopic (exact) mass is 383 g/mol. The first-order valence-electron chi connectivity index (χ1n) is 9.29. The SMILES string of the molecule is O=C(Nc1cccnc1)c1cc(-c2ccc3c(c2)OCCO3)nc2ccccc12. The van der Waals surface area contributed by atoms with Crippen LogP contribution in [-0.4, -0.2) is 29.1 Å². The van der Waals surface area contributed by atoms with E-state index in [-0.39, 0.29) is 5.91 Å². The number of carbonyl (C=O) groups excluding carboxylic acids is 1. The fourth-order valence-corrected chi connectivity index (χ4v) is 3.35. The maximum atomic E-state index is 13.0. The molecule has 0 unspecified atom stereocenters. The number of benzene rings is 2. The third-order valence-electron chi connectivity index (χ3n) is 4.72. The lowest BCUT2D eigenvalue weighted by atomic mass is 10.0. The van der Waals surface area contributed by atoms with Gasteiger partial charge in [-0.1, -0.05) is 18.2 Å². The summed E-state index contributed by atoms with van der Waals surface area (Å²) in [7, 11) is 0. The van der Waals surface area contributed by atoms with Crippen LogP contribution in [0.5, 0.6) is 11.5 Å². The Labute approximate surface area is 167 Å². The topological polar surface area (TPSA) is 73.3 Å². The molecule has 0 atom stereocenters. The Morgan fingerprint density at radius 1 is 0.931 bits per heavy atom. The number of pyridine rings is 2. The normalized spacial score (nSPS) is 12.6. The average molecular weight is 383 g/mol. The second-order valence-corrected chi connectivity index (χ2v) is 6.63. The van der Waals surface area contributed by atoms with E-state index in [9.17, 15) is 4.79 Å². The van der Waals surface area contributed by atoms with Crippen LogP contribution in [0.2, 0.25) is 0 Å². The summed E-state index contributed by atoms with van der Waals surface area (Å²) in [6.45, 7) is 1.06. The van der Waals surface area contributed by atoms with Gasteiger partial charge in [0.15, 0.2) is 11.5 Å². The number of anilines is 1. The molecule has 29 heavy (non-hydrogen) atoms. The predicted molar refractivity (Wildman–Crippen MR) is 110 cm³/mol. The van der Waals surface area contributed by atoms with Crippen molar-refractivity contribution >= 4 is 22.5 Å². The van der Waals surface area contributed by atoms with Crippen molar-refractivity contribution in [1.29, 1.82) is 0 Å². The lowest BCUT2D eigenvalue weighted by molar-refractivity contribution is 0.102. The number of carbonyl (C=O) groups is 1. The molecule has 6 nitrogen and oxygen atoms in total. The van der Waals surface area contributed by atoms with Crippen LogP contribution in [0.1, 0.15) is 10.4 Å². The van der Waals surface area contributed by atoms with E-state index < -0.39 is 0 Å². The van der Waals surface area contributed by atoms with Gasteiger partial charge < -0.3 is 14.8 Å². The molecule has 1 amide bonds. The van der Waals surface area contributed by atoms with E-state index in [0.717, 1.165) is 22.2 Å². The molecule has 142 valence electrons. The largest absolute Gasteiger partial charge is 0.486 e. The number of aromatic nitrogens is 2. The molecule has 5 rings (SSSR count). The van der Waals surface area contributed by atoms with Crippen molar-refractivity contribution in [1.82, 2.24) is 9.97 Å². The van der Waals surface area contributed by atoms with Crippen molar-refractivity contribution in [3.8, 4) is 22.8 Å². The molecule has 0 saturated heterocycles. The molecular formula is C23H17N3O3. The number of fused-ring (bicyclic) bond motifs is 2. The molecule has 0 aliphatic carbocycles. The summed E-state index contributed by atoms with van der Waals surface area (Å²) >= 11 is 0. The first kappa shape index (κ1) is 17.2. The molecule has 0 spiro atoms. The zero-order chi connectivity index (χ0) is 19.6. The van der Waals surface area contributed by atoms with Gasteiger partial charge in [-0.25, -0.2) is 4.98 Å². The molecule has 1 aliphatic rings. The van der Waals surface area contributed by atoms with Gasteiger partial charge in [0.25, 0.3) is 5.91 Å². The highest BCUT2D eigenvalue weighted by Crippen LogP contribution is 2.35. The van der Waals surface area contributed by atoms with Crippen LogP contribution < -0.4 is 14.8 Å². The summed E-state index contributed by atoms with van der Waals surface area (Å²) in [6.07, 6.45) is 3.28. The number of nitrogens with zero attached hydrogens (tertiary/aromatic N) is 2. The molecule has 4 aromatic rings. The zero-order valence-electron chi connectivity index (χ0n) is 15.5. The molecular weight excluding hydrogens is 366 g/mol. The van der Waals surface area contributed by atoms with Crippen LogP contribution in [0, 0.1) is 0 Å². The fraction of sp³-hybridized carbons (Fsp3) is 0.0870. The quantitative estimate of drug-likeness (QED) is 0.570. The second-order valence-electron chi connectivity index (χ2n) is 6.63. The summed E-state index contributed by atoms with van der Waals surface area (Å²) in [6, 6.07) is 18.7. The number of para-hydroxylation sites is 1. The van der Waals surface area contributed by atoms with Gasteiger partial charge in [0.1, 0.15) is 13.2 Å². The van der Waals surface area contributed by atoms with Crippen molar-refractivity contribution in [3.05, 3.63) is 78.6 Å². The summed E-state index contributed by atoms with van der Waals surface area (Å²) in [4.78, 5) is 21.8. The van der Waals surface area contributed by atoms with Gasteiger partial charge in [-0.15, -0.1) is 0 Å². The van der Waals surface area contributed by atoms with Crippen molar-refractivity contribution < 1.29 is 14.3 Å². The smallest absolute Gasteiger partial charge is 0.256 e. The lowest BCUT2D eigenvalue weighted by Crippen LogP contribution is -2.15. The molecule has 3 heterocycles. The number of rotatable bonds is 3. The van der Waals surface area contributed by atoms with E-state index in [0.29, 0.717) is 35.9 Å². The molecule has 2 aromatic carbocycles. The predicted octanol–water partition coefficient (Wildman–Crippen LogP) is 4.32. The number of ether oxygens (including phenoxy) is 2. The second kappa shape index (κ2) is 7.24. The van der Waals surface area contributed by atoms with Gasteiger partial charge in [0, 0.05) is 17.1 Å². The van der Waals surface area contributed by atoms with Gasteiger partial charge >= 0.3 is 0 Å². The molecule has 1 N–H and O–H groups in total. The minimum Gasteiger partial charge on any atom is -0.486 e. The van der Waals surface area contributed by atoms with E-state index in [1.165, 1.54) is 0 Å². The Hall–Kier alpha value is -3.93. The first-order chi connectivity index (χ1) is 14.3. The Kier molecular flexibility index (Phi) is 4.29. The minimum absolute atomic E-state index is 0.213. The van der Waals surface area contributed by atoms with Gasteiger partial charge in [-0.2, -0.15) is 0 Å². The van der Waals surface area contributed by atoms with Gasteiger partial charge in [-0.3, -0.25) is 9.78 Å².